The van der Waals surface area contributed by atoms with E-state index in [0.29, 0.717) is 47.1 Å². The molecule has 2 rings (SSSR count). The maximum atomic E-state index is 9.66. The Morgan fingerprint density at radius 1 is 1.07 bits per heavy atom. The molecule has 0 saturated carbocycles. The minimum Gasteiger partial charge on any atom is -0.501 e. The lowest BCUT2D eigenvalue weighted by Crippen LogP contribution is -2.01. The van der Waals surface area contributed by atoms with Gasteiger partial charge in [-0.25, -0.2) is 4.85 Å². The Hall–Kier alpha value is -3.96. The molecule has 0 aromatic heterocycles. The summed E-state index contributed by atoms with van der Waals surface area (Å²) in [5.41, 5.74) is 2.89. The van der Waals surface area contributed by atoms with Crippen LogP contribution in [-0.4, -0.2) is 20.3 Å². The van der Waals surface area contributed by atoms with Gasteiger partial charge in [-0.1, -0.05) is 36.4 Å². The SMILES string of the molecule is [C-]#[N+]/C(=C(/C#N)c1ccc(OCCCOC=CC(=C)C)cc1)c1ccc(OC)cc1. The fourth-order valence-electron chi connectivity index (χ4n) is 2.55. The molecule has 0 fully saturated rings. The molecule has 2 aromatic rings. The molecular formula is C25H24N2O3. The lowest BCUT2D eigenvalue weighted by atomic mass is 10.0. The van der Waals surface area contributed by atoms with Crippen LogP contribution in [0.5, 0.6) is 11.5 Å². The third kappa shape index (κ3) is 6.58. The molecule has 0 radical (unpaired) electrons. The Morgan fingerprint density at radius 3 is 2.27 bits per heavy atom. The van der Waals surface area contributed by atoms with Crippen LogP contribution >= 0.6 is 0 Å². The highest BCUT2D eigenvalue weighted by molar-refractivity contribution is 5.99. The van der Waals surface area contributed by atoms with E-state index in [1.807, 2.05) is 13.0 Å². The summed E-state index contributed by atoms with van der Waals surface area (Å²) < 4.78 is 16.2. The average molecular weight is 400 g/mol. The largest absolute Gasteiger partial charge is 0.501 e. The highest BCUT2D eigenvalue weighted by Crippen LogP contribution is 2.29. The van der Waals surface area contributed by atoms with E-state index in [2.05, 4.69) is 17.5 Å². The van der Waals surface area contributed by atoms with Gasteiger partial charge in [-0.15, -0.1) is 0 Å². The number of allylic oxidation sites excluding steroid dienone is 3. The van der Waals surface area contributed by atoms with Gasteiger partial charge in [0.25, 0.3) is 0 Å². The number of ether oxygens (including phenoxy) is 3. The molecule has 0 aliphatic rings. The van der Waals surface area contributed by atoms with E-state index in [4.69, 9.17) is 20.8 Å². The van der Waals surface area contributed by atoms with E-state index in [-0.39, 0.29) is 0 Å². The van der Waals surface area contributed by atoms with Gasteiger partial charge < -0.3 is 14.2 Å². The van der Waals surface area contributed by atoms with Gasteiger partial charge in [0.2, 0.25) is 5.70 Å². The van der Waals surface area contributed by atoms with Gasteiger partial charge in [0.1, 0.15) is 11.5 Å². The summed E-state index contributed by atoms with van der Waals surface area (Å²) in [6, 6.07) is 16.4. The Bertz CT molecular complexity index is 989. The van der Waals surface area contributed by atoms with Crippen molar-refractivity contribution < 1.29 is 14.2 Å². The Labute approximate surface area is 177 Å². The number of rotatable bonds is 10. The van der Waals surface area contributed by atoms with Gasteiger partial charge in [0, 0.05) is 6.42 Å². The Balaban J connectivity index is 2.03. The number of hydrogen-bond acceptors (Lipinski definition) is 4. The Morgan fingerprint density at radius 2 is 1.70 bits per heavy atom. The molecule has 0 aliphatic heterocycles. The zero-order valence-corrected chi connectivity index (χ0v) is 17.2. The molecule has 2 aromatic carbocycles. The van der Waals surface area contributed by atoms with E-state index in [1.54, 1.807) is 61.9 Å². The van der Waals surface area contributed by atoms with Crippen LogP contribution in [0.3, 0.4) is 0 Å². The van der Waals surface area contributed by atoms with Gasteiger partial charge in [-0.05, 0) is 48.4 Å². The van der Waals surface area contributed by atoms with Crippen LogP contribution in [0.4, 0.5) is 0 Å². The normalized spacial score (nSPS) is 11.2. The van der Waals surface area contributed by atoms with Gasteiger partial charge in [-0.3, -0.25) is 0 Å². The van der Waals surface area contributed by atoms with Crippen molar-refractivity contribution in [1.29, 1.82) is 5.26 Å². The summed E-state index contributed by atoms with van der Waals surface area (Å²) in [7, 11) is 1.58. The number of hydrogen-bond donors (Lipinski definition) is 0. The number of benzene rings is 2. The molecule has 5 heteroatoms. The molecule has 0 saturated heterocycles. The first kappa shape index (κ1) is 22.3. The smallest absolute Gasteiger partial charge is 0.212 e. The van der Waals surface area contributed by atoms with Crippen molar-refractivity contribution in [1.82, 2.24) is 0 Å². The van der Waals surface area contributed by atoms with Crippen molar-refractivity contribution in [2.75, 3.05) is 20.3 Å². The molecule has 0 N–H and O–H groups in total. The molecule has 0 spiro atoms. The molecule has 152 valence electrons. The van der Waals surface area contributed by atoms with Gasteiger partial charge in [0.15, 0.2) is 0 Å². The number of methoxy groups -OCH3 is 1. The Kier molecular flexibility index (Phi) is 8.77. The van der Waals surface area contributed by atoms with Gasteiger partial charge in [-0.2, -0.15) is 5.26 Å². The van der Waals surface area contributed by atoms with Gasteiger partial charge in [0.05, 0.1) is 44.8 Å². The molecule has 0 heterocycles. The molecule has 0 amide bonds. The van der Waals surface area contributed by atoms with Crippen LogP contribution in [0.25, 0.3) is 16.1 Å². The quantitative estimate of drug-likeness (QED) is 0.125. The van der Waals surface area contributed by atoms with Crippen LogP contribution in [0.15, 0.2) is 73.0 Å². The molecule has 0 aliphatic carbocycles. The third-order valence-corrected chi connectivity index (χ3v) is 4.09. The zero-order chi connectivity index (χ0) is 21.8. The third-order valence-electron chi connectivity index (χ3n) is 4.09. The second-order valence-corrected chi connectivity index (χ2v) is 6.42. The second-order valence-electron chi connectivity index (χ2n) is 6.42. The maximum absolute atomic E-state index is 9.66. The fraction of sp³-hybridized carbons (Fsp3) is 0.200. The summed E-state index contributed by atoms with van der Waals surface area (Å²) in [6.07, 6.45) is 4.18. The monoisotopic (exact) mass is 400 g/mol. The maximum Gasteiger partial charge on any atom is 0.212 e. The van der Waals surface area contributed by atoms with Gasteiger partial charge >= 0.3 is 0 Å². The predicted octanol–water partition coefficient (Wildman–Crippen LogP) is 5.88. The van der Waals surface area contributed by atoms with Crippen LogP contribution in [-0.2, 0) is 4.74 Å². The number of nitriles is 1. The molecule has 0 unspecified atom stereocenters. The minimum atomic E-state index is 0.300. The van der Waals surface area contributed by atoms with Crippen molar-refractivity contribution >= 4 is 11.3 Å². The van der Waals surface area contributed by atoms with E-state index in [0.717, 1.165) is 12.0 Å². The van der Waals surface area contributed by atoms with Crippen molar-refractivity contribution in [3.8, 4) is 17.6 Å². The van der Waals surface area contributed by atoms with Crippen molar-refractivity contribution in [2.24, 2.45) is 0 Å². The average Bonchev–Trinajstić information content (AvgIpc) is 2.77. The lowest BCUT2D eigenvalue weighted by molar-refractivity contribution is 0.208. The summed E-state index contributed by atoms with van der Waals surface area (Å²) in [6.45, 7) is 14.3. The van der Waals surface area contributed by atoms with Crippen molar-refractivity contribution in [3.05, 3.63) is 95.6 Å². The molecule has 5 nitrogen and oxygen atoms in total. The van der Waals surface area contributed by atoms with Crippen molar-refractivity contribution in [2.45, 2.75) is 13.3 Å². The highest BCUT2D eigenvalue weighted by Gasteiger charge is 2.12. The standard InChI is InChI=1S/C25H24N2O3/c1-19(2)14-17-29-15-5-16-30-23-12-6-20(7-13-23)24(18-26)25(27-3)21-8-10-22(28-4)11-9-21/h6-14,17H,1,5,15-16H2,2,4H3/b17-14?,25-24-. The zero-order valence-electron chi connectivity index (χ0n) is 17.2. The van der Waals surface area contributed by atoms with Crippen LogP contribution in [0, 0.1) is 17.9 Å². The van der Waals surface area contributed by atoms with E-state index >= 15 is 0 Å². The summed E-state index contributed by atoms with van der Waals surface area (Å²) in [4.78, 5) is 3.59. The van der Waals surface area contributed by atoms with Crippen LogP contribution < -0.4 is 9.47 Å². The first-order valence-electron chi connectivity index (χ1n) is 9.42. The first-order valence-corrected chi connectivity index (χ1v) is 9.42. The van der Waals surface area contributed by atoms with Crippen LogP contribution in [0.2, 0.25) is 0 Å². The van der Waals surface area contributed by atoms with Crippen LogP contribution in [0.1, 0.15) is 24.5 Å². The topological polar surface area (TPSA) is 55.8 Å². The predicted molar refractivity (Wildman–Crippen MR) is 118 cm³/mol. The highest BCUT2D eigenvalue weighted by atomic mass is 16.5. The number of nitrogens with zero attached hydrogens (tertiary/aromatic N) is 2. The van der Waals surface area contributed by atoms with Crippen molar-refractivity contribution in [3.63, 3.8) is 0 Å². The summed E-state index contributed by atoms with van der Waals surface area (Å²) in [5, 5.41) is 9.66. The minimum absolute atomic E-state index is 0.300. The molecule has 30 heavy (non-hydrogen) atoms. The lowest BCUT2D eigenvalue weighted by Gasteiger charge is -2.09. The molecule has 0 atom stereocenters. The molecule has 0 bridgehead atoms. The molecular weight excluding hydrogens is 376 g/mol. The van der Waals surface area contributed by atoms with E-state index < -0.39 is 0 Å². The van der Waals surface area contributed by atoms with E-state index in [1.165, 1.54) is 0 Å². The second kappa shape index (κ2) is 11.8. The summed E-state index contributed by atoms with van der Waals surface area (Å²) >= 11 is 0. The fourth-order valence-corrected chi connectivity index (χ4v) is 2.55. The summed E-state index contributed by atoms with van der Waals surface area (Å²) in [5.74, 6) is 1.39. The van der Waals surface area contributed by atoms with E-state index in [9.17, 15) is 5.26 Å². The first-order chi connectivity index (χ1) is 14.6.